The van der Waals surface area contributed by atoms with Gasteiger partial charge in [-0.2, -0.15) is 0 Å². The van der Waals surface area contributed by atoms with Gasteiger partial charge in [0.25, 0.3) is 0 Å². The molecule has 0 N–H and O–H groups in total. The summed E-state index contributed by atoms with van der Waals surface area (Å²) in [4.78, 5) is 19.4. The lowest BCUT2D eigenvalue weighted by molar-refractivity contribution is -0.132. The summed E-state index contributed by atoms with van der Waals surface area (Å²) in [6.07, 6.45) is 4.96. The van der Waals surface area contributed by atoms with E-state index in [0.717, 1.165) is 65.1 Å². The van der Waals surface area contributed by atoms with Crippen molar-refractivity contribution in [2.75, 3.05) is 58.4 Å². The number of morpholine rings is 1. The van der Waals surface area contributed by atoms with Gasteiger partial charge in [0.15, 0.2) is 0 Å². The molecule has 5 nitrogen and oxygen atoms in total. The fourth-order valence-corrected chi connectivity index (χ4v) is 3.41. The molecule has 5 heteroatoms. The minimum atomic E-state index is 0.294. The summed E-state index contributed by atoms with van der Waals surface area (Å²) in [6.45, 7) is 8.45. The molecule has 1 amide bonds. The summed E-state index contributed by atoms with van der Waals surface area (Å²) in [5, 5.41) is 0. The Labute approximate surface area is 165 Å². The van der Waals surface area contributed by atoms with Crippen LogP contribution in [0.2, 0.25) is 0 Å². The highest BCUT2D eigenvalue weighted by Gasteiger charge is 2.15. The number of hydrogen-bond donors (Lipinski definition) is 0. The van der Waals surface area contributed by atoms with E-state index >= 15 is 0 Å². The van der Waals surface area contributed by atoms with Crippen LogP contribution in [0, 0.1) is 0 Å². The molecule has 1 saturated heterocycles. The second kappa shape index (κ2) is 12.0. The number of ether oxygens (including phenoxy) is 1. The van der Waals surface area contributed by atoms with Gasteiger partial charge in [-0.1, -0.05) is 31.9 Å². The van der Waals surface area contributed by atoms with Crippen LogP contribution >= 0.6 is 0 Å². The Morgan fingerprint density at radius 3 is 2.41 bits per heavy atom. The molecule has 0 spiro atoms. The smallest absolute Gasteiger partial charge is 0.222 e. The summed E-state index contributed by atoms with van der Waals surface area (Å²) in [7, 11) is 4.09. The molecule has 0 aliphatic carbocycles. The number of benzene rings is 1. The van der Waals surface area contributed by atoms with Crippen molar-refractivity contribution in [1.29, 1.82) is 0 Å². The zero-order chi connectivity index (χ0) is 19.5. The van der Waals surface area contributed by atoms with Crippen LogP contribution in [0.25, 0.3) is 0 Å². The molecule has 1 aromatic rings. The van der Waals surface area contributed by atoms with Gasteiger partial charge in [-0.3, -0.25) is 9.69 Å². The van der Waals surface area contributed by atoms with Gasteiger partial charge >= 0.3 is 0 Å². The maximum Gasteiger partial charge on any atom is 0.222 e. The van der Waals surface area contributed by atoms with Crippen LogP contribution in [0.15, 0.2) is 24.3 Å². The quantitative estimate of drug-likeness (QED) is 0.556. The molecule has 0 radical (unpaired) electrons. The molecule has 27 heavy (non-hydrogen) atoms. The van der Waals surface area contributed by atoms with Crippen molar-refractivity contribution in [3.63, 3.8) is 0 Å². The van der Waals surface area contributed by atoms with E-state index in [0.29, 0.717) is 18.9 Å². The molecule has 0 unspecified atom stereocenters. The zero-order valence-electron chi connectivity index (χ0n) is 17.5. The topological polar surface area (TPSA) is 36.0 Å². The van der Waals surface area contributed by atoms with Crippen molar-refractivity contribution < 1.29 is 9.53 Å². The van der Waals surface area contributed by atoms with E-state index < -0.39 is 0 Å². The number of carbonyl (C=O) groups excluding carboxylic acids is 1. The van der Waals surface area contributed by atoms with E-state index in [4.69, 9.17) is 4.74 Å². The first-order valence-electron chi connectivity index (χ1n) is 10.4. The first-order valence-corrected chi connectivity index (χ1v) is 10.4. The molecule has 2 rings (SSSR count). The third kappa shape index (κ3) is 7.89. The first kappa shape index (κ1) is 21.7. The molecular formula is C22H37N3O2. The Balaban J connectivity index is 1.90. The molecule has 0 aromatic heterocycles. The molecule has 1 aliphatic rings. The number of anilines is 1. The molecule has 0 atom stereocenters. The maximum absolute atomic E-state index is 12.8. The highest BCUT2D eigenvalue weighted by atomic mass is 16.5. The van der Waals surface area contributed by atoms with Crippen LogP contribution in [0.3, 0.4) is 0 Å². The third-order valence-corrected chi connectivity index (χ3v) is 5.18. The number of nitrogens with zero attached hydrogens (tertiary/aromatic N) is 3. The Hall–Kier alpha value is -1.59. The Kier molecular flexibility index (Phi) is 9.64. The van der Waals surface area contributed by atoms with Gasteiger partial charge in [-0.15, -0.1) is 0 Å². The van der Waals surface area contributed by atoms with E-state index in [2.05, 4.69) is 45.9 Å². The second-order valence-corrected chi connectivity index (χ2v) is 7.64. The molecule has 152 valence electrons. The van der Waals surface area contributed by atoms with Gasteiger partial charge in [-0.05, 0) is 30.5 Å². The Morgan fingerprint density at radius 2 is 1.78 bits per heavy atom. The lowest BCUT2D eigenvalue weighted by Crippen LogP contribution is -2.39. The van der Waals surface area contributed by atoms with Crippen molar-refractivity contribution in [1.82, 2.24) is 9.80 Å². The second-order valence-electron chi connectivity index (χ2n) is 7.64. The Bertz CT molecular complexity index is 539. The predicted octanol–water partition coefficient (Wildman–Crippen LogP) is 3.38. The number of amides is 1. The highest BCUT2D eigenvalue weighted by molar-refractivity contribution is 5.76. The zero-order valence-corrected chi connectivity index (χ0v) is 17.5. The summed E-state index contributed by atoms with van der Waals surface area (Å²) >= 11 is 0. The lowest BCUT2D eigenvalue weighted by Gasteiger charge is -2.28. The van der Waals surface area contributed by atoms with Crippen LogP contribution < -0.4 is 4.90 Å². The molecule has 1 heterocycles. The van der Waals surface area contributed by atoms with Crippen molar-refractivity contribution in [3.8, 4) is 0 Å². The van der Waals surface area contributed by atoms with Crippen molar-refractivity contribution in [2.24, 2.45) is 0 Å². The Morgan fingerprint density at radius 1 is 1.07 bits per heavy atom. The van der Waals surface area contributed by atoms with E-state index in [9.17, 15) is 4.79 Å². The highest BCUT2D eigenvalue weighted by Crippen LogP contribution is 2.15. The normalized spacial score (nSPS) is 14.9. The van der Waals surface area contributed by atoms with Crippen LogP contribution in [-0.4, -0.2) is 69.2 Å². The fraction of sp³-hybridized carbons (Fsp3) is 0.682. The first-order chi connectivity index (χ1) is 13.1. The largest absolute Gasteiger partial charge is 0.379 e. The molecule has 1 aliphatic heterocycles. The van der Waals surface area contributed by atoms with Gasteiger partial charge in [-0.25, -0.2) is 0 Å². The van der Waals surface area contributed by atoms with Crippen LogP contribution in [-0.2, 0) is 16.1 Å². The SMILES string of the molecule is CCCCCC(=O)N(CCCN1CCOCC1)Cc1ccc(N(C)C)cc1. The van der Waals surface area contributed by atoms with Gasteiger partial charge in [0, 0.05) is 58.9 Å². The van der Waals surface area contributed by atoms with Gasteiger partial charge in [0.2, 0.25) is 5.91 Å². The minimum Gasteiger partial charge on any atom is -0.379 e. The summed E-state index contributed by atoms with van der Waals surface area (Å²) < 4.78 is 5.42. The molecule has 0 bridgehead atoms. The number of carbonyl (C=O) groups is 1. The van der Waals surface area contributed by atoms with Crippen molar-refractivity contribution >= 4 is 11.6 Å². The minimum absolute atomic E-state index is 0.294. The third-order valence-electron chi connectivity index (χ3n) is 5.18. The van der Waals surface area contributed by atoms with Gasteiger partial charge in [0.05, 0.1) is 13.2 Å². The summed E-state index contributed by atoms with van der Waals surface area (Å²) in [6, 6.07) is 8.54. The van der Waals surface area contributed by atoms with E-state index in [1.165, 1.54) is 11.3 Å². The predicted molar refractivity (Wildman–Crippen MR) is 112 cm³/mol. The van der Waals surface area contributed by atoms with Gasteiger partial charge in [0.1, 0.15) is 0 Å². The maximum atomic E-state index is 12.8. The summed E-state index contributed by atoms with van der Waals surface area (Å²) in [5.74, 6) is 0.294. The van der Waals surface area contributed by atoms with Crippen LogP contribution in [0.5, 0.6) is 0 Å². The number of unbranched alkanes of at least 4 members (excludes halogenated alkanes) is 2. The number of hydrogen-bond acceptors (Lipinski definition) is 4. The standard InChI is InChI=1S/C22H37N3O2/c1-4-5-6-8-22(26)25(14-7-13-24-15-17-27-18-16-24)19-20-9-11-21(12-10-20)23(2)3/h9-12H,4-8,13-19H2,1-3H3. The average Bonchev–Trinajstić information content (AvgIpc) is 2.68. The molecule has 1 fully saturated rings. The van der Waals surface area contributed by atoms with Gasteiger partial charge < -0.3 is 14.5 Å². The van der Waals surface area contributed by atoms with Crippen molar-refractivity contribution in [2.45, 2.75) is 45.6 Å². The van der Waals surface area contributed by atoms with E-state index in [1.54, 1.807) is 0 Å². The van der Waals surface area contributed by atoms with E-state index in [1.807, 2.05) is 14.1 Å². The van der Waals surface area contributed by atoms with Crippen molar-refractivity contribution in [3.05, 3.63) is 29.8 Å². The van der Waals surface area contributed by atoms with Crippen LogP contribution in [0.1, 0.15) is 44.6 Å². The summed E-state index contributed by atoms with van der Waals surface area (Å²) in [5.41, 5.74) is 2.39. The lowest BCUT2D eigenvalue weighted by atomic mass is 10.1. The van der Waals surface area contributed by atoms with Crippen LogP contribution in [0.4, 0.5) is 5.69 Å². The molecule has 1 aromatic carbocycles. The molecule has 0 saturated carbocycles. The monoisotopic (exact) mass is 375 g/mol. The number of rotatable bonds is 11. The average molecular weight is 376 g/mol. The fourth-order valence-electron chi connectivity index (χ4n) is 3.41. The van der Waals surface area contributed by atoms with E-state index in [-0.39, 0.29) is 0 Å². The molecular weight excluding hydrogens is 338 g/mol.